The first kappa shape index (κ1) is 18.2. The van der Waals surface area contributed by atoms with Crippen molar-refractivity contribution in [2.24, 2.45) is 0 Å². The summed E-state index contributed by atoms with van der Waals surface area (Å²) < 4.78 is 27.5. The Labute approximate surface area is 153 Å². The van der Waals surface area contributed by atoms with Gasteiger partial charge >= 0.3 is 0 Å². The average Bonchev–Trinajstić information content (AvgIpc) is 2.67. The standard InChI is InChI=1S/C22H22F2N2/c1-2-3-4-5-6-16-14-25-22(26-15-16)18-9-12-20(21(24)13-18)17-7-10-19(23)11-8-17/h7-15H,2-6H2,1H3. The van der Waals surface area contributed by atoms with Crippen LogP contribution < -0.4 is 0 Å². The molecule has 0 aliphatic rings. The van der Waals surface area contributed by atoms with Crippen LogP contribution in [0, 0.1) is 11.6 Å². The molecule has 0 spiro atoms. The van der Waals surface area contributed by atoms with E-state index >= 15 is 0 Å². The Morgan fingerprint density at radius 1 is 0.808 bits per heavy atom. The molecule has 0 radical (unpaired) electrons. The lowest BCUT2D eigenvalue weighted by molar-refractivity contribution is 0.626. The Balaban J connectivity index is 1.73. The van der Waals surface area contributed by atoms with Crippen molar-refractivity contribution < 1.29 is 8.78 Å². The van der Waals surface area contributed by atoms with Gasteiger partial charge in [0.05, 0.1) is 0 Å². The van der Waals surface area contributed by atoms with Crippen molar-refractivity contribution in [2.75, 3.05) is 0 Å². The first-order valence-corrected chi connectivity index (χ1v) is 9.04. The van der Waals surface area contributed by atoms with Crippen molar-refractivity contribution >= 4 is 0 Å². The predicted molar refractivity (Wildman–Crippen MR) is 101 cm³/mol. The van der Waals surface area contributed by atoms with E-state index in [0.717, 1.165) is 18.4 Å². The average molecular weight is 352 g/mol. The van der Waals surface area contributed by atoms with Crippen LogP contribution in [0.25, 0.3) is 22.5 Å². The summed E-state index contributed by atoms with van der Waals surface area (Å²) in [6, 6.07) is 10.7. The number of hydrogen-bond acceptors (Lipinski definition) is 2. The van der Waals surface area contributed by atoms with E-state index in [-0.39, 0.29) is 11.6 Å². The van der Waals surface area contributed by atoms with E-state index in [1.807, 2.05) is 12.4 Å². The maximum Gasteiger partial charge on any atom is 0.159 e. The highest BCUT2D eigenvalue weighted by Crippen LogP contribution is 2.26. The first-order chi connectivity index (χ1) is 12.7. The summed E-state index contributed by atoms with van der Waals surface area (Å²) in [6.45, 7) is 2.19. The molecule has 2 aromatic carbocycles. The highest BCUT2D eigenvalue weighted by molar-refractivity contribution is 5.68. The lowest BCUT2D eigenvalue weighted by Crippen LogP contribution is -1.94. The Morgan fingerprint density at radius 3 is 2.15 bits per heavy atom. The second kappa shape index (κ2) is 8.65. The van der Waals surface area contributed by atoms with Crippen molar-refractivity contribution in [3.63, 3.8) is 0 Å². The Kier molecular flexibility index (Phi) is 6.05. The fraction of sp³-hybridized carbons (Fsp3) is 0.273. The van der Waals surface area contributed by atoms with Crippen molar-refractivity contribution in [3.05, 3.63) is 72.1 Å². The van der Waals surface area contributed by atoms with Crippen LogP contribution in [0.2, 0.25) is 0 Å². The summed E-state index contributed by atoms with van der Waals surface area (Å²) in [7, 11) is 0. The van der Waals surface area contributed by atoms with Crippen LogP contribution in [0.5, 0.6) is 0 Å². The van der Waals surface area contributed by atoms with Gasteiger partial charge < -0.3 is 0 Å². The summed E-state index contributed by atoms with van der Waals surface area (Å²) in [5.41, 5.74) is 2.80. The van der Waals surface area contributed by atoms with Crippen LogP contribution in [-0.2, 0) is 6.42 Å². The summed E-state index contributed by atoms with van der Waals surface area (Å²) in [5.74, 6) is -0.206. The van der Waals surface area contributed by atoms with E-state index < -0.39 is 0 Å². The molecule has 1 aromatic heterocycles. The minimum atomic E-state index is -0.374. The molecule has 134 valence electrons. The molecule has 3 aromatic rings. The van der Waals surface area contributed by atoms with Gasteiger partial charge in [-0.25, -0.2) is 18.7 Å². The van der Waals surface area contributed by atoms with Crippen LogP contribution in [0.4, 0.5) is 8.78 Å². The summed E-state index contributed by atoms with van der Waals surface area (Å²) in [5, 5.41) is 0. The Morgan fingerprint density at radius 2 is 1.50 bits per heavy atom. The van der Waals surface area contributed by atoms with Crippen LogP contribution >= 0.6 is 0 Å². The van der Waals surface area contributed by atoms with E-state index in [4.69, 9.17) is 0 Å². The van der Waals surface area contributed by atoms with Gasteiger partial charge in [0.1, 0.15) is 11.6 Å². The minimum Gasteiger partial charge on any atom is -0.236 e. The molecule has 2 nitrogen and oxygen atoms in total. The molecule has 0 saturated heterocycles. The molecule has 0 saturated carbocycles. The molecule has 4 heteroatoms. The molecule has 0 fully saturated rings. The van der Waals surface area contributed by atoms with Crippen molar-refractivity contribution in [3.8, 4) is 22.5 Å². The summed E-state index contributed by atoms with van der Waals surface area (Å²) >= 11 is 0. The van der Waals surface area contributed by atoms with Gasteiger partial charge in [-0.3, -0.25) is 0 Å². The normalized spacial score (nSPS) is 10.9. The van der Waals surface area contributed by atoms with Gasteiger partial charge in [-0.2, -0.15) is 0 Å². The smallest absolute Gasteiger partial charge is 0.159 e. The molecule has 0 bridgehead atoms. The number of unbranched alkanes of at least 4 members (excludes halogenated alkanes) is 3. The van der Waals surface area contributed by atoms with Crippen LogP contribution in [-0.4, -0.2) is 9.97 Å². The van der Waals surface area contributed by atoms with Gasteiger partial charge in [0.15, 0.2) is 5.82 Å². The monoisotopic (exact) mass is 352 g/mol. The number of nitrogens with zero attached hydrogens (tertiary/aromatic N) is 2. The number of rotatable bonds is 7. The largest absolute Gasteiger partial charge is 0.236 e. The molecule has 0 N–H and O–H groups in total. The molecule has 0 aliphatic carbocycles. The summed E-state index contributed by atoms with van der Waals surface area (Å²) in [4.78, 5) is 8.75. The Bertz CT molecular complexity index is 843. The van der Waals surface area contributed by atoms with Gasteiger partial charge in [0.25, 0.3) is 0 Å². The number of aryl methyl sites for hydroxylation is 1. The third-order valence-corrected chi connectivity index (χ3v) is 4.41. The topological polar surface area (TPSA) is 25.8 Å². The molecular weight excluding hydrogens is 330 g/mol. The molecule has 1 heterocycles. The molecule has 0 aliphatic heterocycles. The van der Waals surface area contributed by atoms with E-state index in [1.165, 1.54) is 37.5 Å². The lowest BCUT2D eigenvalue weighted by Gasteiger charge is -2.07. The molecular formula is C22H22F2N2. The fourth-order valence-corrected chi connectivity index (χ4v) is 2.91. The molecule has 3 rings (SSSR count). The van der Waals surface area contributed by atoms with Crippen LogP contribution in [0.15, 0.2) is 54.9 Å². The predicted octanol–water partition coefficient (Wildman–Crippen LogP) is 6.21. The SMILES string of the molecule is CCCCCCc1cnc(-c2ccc(-c3ccc(F)cc3)c(F)c2)nc1. The third kappa shape index (κ3) is 4.51. The number of hydrogen-bond donors (Lipinski definition) is 0. The van der Waals surface area contributed by atoms with Gasteiger partial charge in [0, 0.05) is 23.5 Å². The van der Waals surface area contributed by atoms with Crippen LogP contribution in [0.1, 0.15) is 38.2 Å². The second-order valence-corrected chi connectivity index (χ2v) is 6.43. The Hall–Kier alpha value is -2.62. The highest BCUT2D eigenvalue weighted by atomic mass is 19.1. The fourth-order valence-electron chi connectivity index (χ4n) is 2.91. The number of aromatic nitrogens is 2. The van der Waals surface area contributed by atoms with Gasteiger partial charge in [0.2, 0.25) is 0 Å². The van der Waals surface area contributed by atoms with Gasteiger partial charge in [-0.15, -0.1) is 0 Å². The zero-order valence-electron chi connectivity index (χ0n) is 14.9. The van der Waals surface area contributed by atoms with Crippen molar-refractivity contribution in [1.29, 1.82) is 0 Å². The molecule has 26 heavy (non-hydrogen) atoms. The zero-order chi connectivity index (χ0) is 18.4. The van der Waals surface area contributed by atoms with E-state index in [0.29, 0.717) is 22.5 Å². The maximum absolute atomic E-state index is 14.5. The van der Waals surface area contributed by atoms with Crippen LogP contribution in [0.3, 0.4) is 0 Å². The van der Waals surface area contributed by atoms with Crippen molar-refractivity contribution in [1.82, 2.24) is 9.97 Å². The van der Waals surface area contributed by atoms with Gasteiger partial charge in [-0.05, 0) is 42.2 Å². The number of benzene rings is 2. The molecule has 0 atom stereocenters. The maximum atomic E-state index is 14.5. The summed E-state index contributed by atoms with van der Waals surface area (Å²) in [6.07, 6.45) is 9.43. The lowest BCUT2D eigenvalue weighted by atomic mass is 10.0. The highest BCUT2D eigenvalue weighted by Gasteiger charge is 2.09. The number of halogens is 2. The van der Waals surface area contributed by atoms with Crippen molar-refractivity contribution in [2.45, 2.75) is 39.0 Å². The molecule has 0 unspecified atom stereocenters. The minimum absolute atomic E-state index is 0.339. The molecule has 0 amide bonds. The first-order valence-electron chi connectivity index (χ1n) is 9.04. The van der Waals surface area contributed by atoms with E-state index in [2.05, 4.69) is 16.9 Å². The van der Waals surface area contributed by atoms with Gasteiger partial charge in [-0.1, -0.05) is 50.5 Å². The zero-order valence-corrected chi connectivity index (χ0v) is 14.9. The second-order valence-electron chi connectivity index (χ2n) is 6.43. The third-order valence-electron chi connectivity index (χ3n) is 4.41. The van der Waals surface area contributed by atoms with E-state index in [1.54, 1.807) is 24.3 Å². The quantitative estimate of drug-likeness (QED) is 0.472. The van der Waals surface area contributed by atoms with E-state index in [9.17, 15) is 8.78 Å².